The standard InChI is InChI=1S/C22H29F3N6O4SSi/c1-14-16(12-30(4)27-14)36(33,34)29-19(32)15-8-9-17(26-20(15)37(5,6)7)31-11-10-18(28-31)35-13-21(2,3)22(23,24)25/h8-12H,13H2,1-7H3,(H,29,32). The summed E-state index contributed by atoms with van der Waals surface area (Å²) in [4.78, 5) is 17.5. The highest BCUT2D eigenvalue weighted by Crippen LogP contribution is 2.37. The lowest BCUT2D eigenvalue weighted by Crippen LogP contribution is -2.46. The van der Waals surface area contributed by atoms with Crippen molar-refractivity contribution in [3.05, 3.63) is 41.9 Å². The highest BCUT2D eigenvalue weighted by atomic mass is 32.2. The molecule has 10 nitrogen and oxygen atoms in total. The van der Waals surface area contributed by atoms with E-state index in [1.54, 1.807) is 7.05 Å². The lowest BCUT2D eigenvalue weighted by atomic mass is 9.94. The first-order chi connectivity index (χ1) is 16.8. The number of carbonyl (C=O) groups excluding carboxylic acids is 1. The zero-order valence-corrected chi connectivity index (χ0v) is 23.3. The second kappa shape index (κ2) is 9.59. The van der Waals surface area contributed by atoms with E-state index in [2.05, 4.69) is 19.9 Å². The molecular formula is C22H29F3N6O4SSi. The number of amides is 1. The van der Waals surface area contributed by atoms with Gasteiger partial charge in [-0.3, -0.25) is 9.48 Å². The predicted molar refractivity (Wildman–Crippen MR) is 132 cm³/mol. The molecule has 0 aromatic carbocycles. The van der Waals surface area contributed by atoms with E-state index in [-0.39, 0.29) is 22.0 Å². The van der Waals surface area contributed by atoms with Gasteiger partial charge >= 0.3 is 6.18 Å². The van der Waals surface area contributed by atoms with E-state index in [9.17, 15) is 26.4 Å². The first kappa shape index (κ1) is 28.4. The number of pyridine rings is 1. The van der Waals surface area contributed by atoms with Crippen LogP contribution in [-0.2, 0) is 17.1 Å². The van der Waals surface area contributed by atoms with Crippen LogP contribution in [0.5, 0.6) is 5.88 Å². The number of hydrogen-bond donors (Lipinski definition) is 1. The minimum atomic E-state index is -4.44. The number of sulfonamides is 1. The molecular weight excluding hydrogens is 529 g/mol. The second-order valence-electron chi connectivity index (χ2n) is 10.3. The Balaban J connectivity index is 1.89. The Bertz CT molecular complexity index is 1420. The largest absolute Gasteiger partial charge is 0.476 e. The van der Waals surface area contributed by atoms with Crippen LogP contribution in [-0.4, -0.2) is 59.7 Å². The summed E-state index contributed by atoms with van der Waals surface area (Å²) in [5.74, 6) is -0.558. The Morgan fingerprint density at radius 1 is 1.14 bits per heavy atom. The molecule has 0 aliphatic heterocycles. The van der Waals surface area contributed by atoms with Gasteiger partial charge in [-0.05, 0) is 32.9 Å². The molecule has 1 N–H and O–H groups in total. The zero-order chi connectivity index (χ0) is 28.0. The number of aromatic nitrogens is 5. The minimum Gasteiger partial charge on any atom is -0.476 e. The van der Waals surface area contributed by atoms with Crippen LogP contribution in [0.25, 0.3) is 5.82 Å². The number of nitrogens with one attached hydrogen (secondary N) is 1. The number of nitrogens with zero attached hydrogens (tertiary/aromatic N) is 5. The Morgan fingerprint density at radius 3 is 2.32 bits per heavy atom. The number of rotatable bonds is 8. The number of ether oxygens (including phenoxy) is 1. The summed E-state index contributed by atoms with van der Waals surface area (Å²) in [6.07, 6.45) is -1.66. The van der Waals surface area contributed by atoms with Crippen LogP contribution < -0.4 is 14.8 Å². The molecule has 0 spiro atoms. The maximum Gasteiger partial charge on any atom is 0.397 e. The maximum atomic E-state index is 13.1. The van der Waals surface area contributed by atoms with Gasteiger partial charge in [-0.25, -0.2) is 22.8 Å². The molecule has 3 aromatic rings. The van der Waals surface area contributed by atoms with E-state index < -0.39 is 42.2 Å². The summed E-state index contributed by atoms with van der Waals surface area (Å²) in [5.41, 5.74) is -1.72. The molecule has 1 amide bonds. The molecule has 0 bridgehead atoms. The van der Waals surface area contributed by atoms with Gasteiger partial charge in [0.1, 0.15) is 19.6 Å². The summed E-state index contributed by atoms with van der Waals surface area (Å²) in [6, 6.07) is 4.33. The van der Waals surface area contributed by atoms with Crippen molar-refractivity contribution in [2.75, 3.05) is 6.61 Å². The van der Waals surface area contributed by atoms with Crippen LogP contribution in [0, 0.1) is 12.3 Å². The van der Waals surface area contributed by atoms with E-state index in [1.165, 1.54) is 46.9 Å². The molecule has 15 heteroatoms. The van der Waals surface area contributed by atoms with Crippen LogP contribution in [0.15, 0.2) is 35.5 Å². The fourth-order valence-corrected chi connectivity index (χ4v) is 5.89. The van der Waals surface area contributed by atoms with Crippen LogP contribution in [0.1, 0.15) is 29.9 Å². The molecule has 0 atom stereocenters. The molecule has 0 fully saturated rings. The predicted octanol–water partition coefficient (Wildman–Crippen LogP) is 2.94. The molecule has 0 saturated carbocycles. The monoisotopic (exact) mass is 558 g/mol. The molecule has 3 aromatic heterocycles. The van der Waals surface area contributed by atoms with Crippen molar-refractivity contribution in [2.45, 2.75) is 51.5 Å². The first-order valence-corrected chi connectivity index (χ1v) is 16.1. The molecule has 3 rings (SSSR count). The van der Waals surface area contributed by atoms with Gasteiger partial charge in [0.25, 0.3) is 15.9 Å². The van der Waals surface area contributed by atoms with Crippen molar-refractivity contribution in [2.24, 2.45) is 12.5 Å². The Labute approximate surface area is 213 Å². The number of hydrogen-bond acceptors (Lipinski definition) is 7. The van der Waals surface area contributed by atoms with E-state index in [0.717, 1.165) is 13.8 Å². The average molecular weight is 559 g/mol. The van der Waals surface area contributed by atoms with Gasteiger partial charge in [0.05, 0.1) is 16.7 Å². The highest BCUT2D eigenvalue weighted by Gasteiger charge is 2.48. The van der Waals surface area contributed by atoms with Gasteiger partial charge in [0.15, 0.2) is 5.82 Å². The van der Waals surface area contributed by atoms with Gasteiger partial charge in [-0.2, -0.15) is 18.3 Å². The van der Waals surface area contributed by atoms with Gasteiger partial charge < -0.3 is 4.74 Å². The lowest BCUT2D eigenvalue weighted by Gasteiger charge is -2.26. The van der Waals surface area contributed by atoms with Crippen LogP contribution in [0.3, 0.4) is 0 Å². The molecule has 3 heterocycles. The first-order valence-electron chi connectivity index (χ1n) is 11.2. The number of aryl methyl sites for hydroxylation is 2. The van der Waals surface area contributed by atoms with Crippen LogP contribution >= 0.6 is 0 Å². The maximum absolute atomic E-state index is 13.1. The molecule has 0 radical (unpaired) electrons. The molecule has 37 heavy (non-hydrogen) atoms. The van der Waals surface area contributed by atoms with E-state index >= 15 is 0 Å². The van der Waals surface area contributed by atoms with Crippen molar-refractivity contribution >= 4 is 29.3 Å². The topological polar surface area (TPSA) is 121 Å². The summed E-state index contributed by atoms with van der Waals surface area (Å²) in [7, 11) is -4.91. The van der Waals surface area contributed by atoms with Gasteiger partial charge in [-0.15, -0.1) is 5.10 Å². The zero-order valence-electron chi connectivity index (χ0n) is 21.5. The van der Waals surface area contributed by atoms with Crippen molar-refractivity contribution in [1.29, 1.82) is 0 Å². The third-order valence-electron chi connectivity index (χ3n) is 5.47. The highest BCUT2D eigenvalue weighted by molar-refractivity contribution is 7.90. The molecule has 0 aliphatic carbocycles. The van der Waals surface area contributed by atoms with E-state index in [0.29, 0.717) is 11.1 Å². The molecule has 0 unspecified atom stereocenters. The second-order valence-corrected chi connectivity index (χ2v) is 16.9. The fourth-order valence-electron chi connectivity index (χ4n) is 3.25. The van der Waals surface area contributed by atoms with E-state index in [1.807, 2.05) is 19.6 Å². The summed E-state index contributed by atoms with van der Waals surface area (Å²) in [6.45, 7) is 8.78. The summed E-state index contributed by atoms with van der Waals surface area (Å²) < 4.78 is 74.9. The minimum absolute atomic E-state index is 0.0200. The summed E-state index contributed by atoms with van der Waals surface area (Å²) >= 11 is 0. The van der Waals surface area contributed by atoms with Crippen LogP contribution in [0.4, 0.5) is 13.2 Å². The number of halogens is 3. The Hall–Kier alpha value is -3.20. The lowest BCUT2D eigenvalue weighted by molar-refractivity contribution is -0.219. The Morgan fingerprint density at radius 2 is 1.78 bits per heavy atom. The Kier molecular flexibility index (Phi) is 7.35. The third-order valence-corrected chi connectivity index (χ3v) is 8.70. The van der Waals surface area contributed by atoms with Crippen molar-refractivity contribution in [1.82, 2.24) is 29.3 Å². The average Bonchev–Trinajstić information content (AvgIpc) is 3.36. The van der Waals surface area contributed by atoms with Crippen molar-refractivity contribution in [3.8, 4) is 11.7 Å². The van der Waals surface area contributed by atoms with Crippen LogP contribution in [0.2, 0.25) is 19.6 Å². The molecule has 0 aliphatic rings. The van der Waals surface area contributed by atoms with Gasteiger partial charge in [0.2, 0.25) is 5.88 Å². The summed E-state index contributed by atoms with van der Waals surface area (Å²) in [5, 5.41) is 8.58. The quantitative estimate of drug-likeness (QED) is 0.422. The van der Waals surface area contributed by atoms with Gasteiger partial charge in [0, 0.05) is 30.8 Å². The SMILES string of the molecule is Cc1nn(C)cc1S(=O)(=O)NC(=O)c1ccc(-n2ccc(OCC(C)(C)C(F)(F)F)n2)nc1[Si](C)(C)C. The van der Waals surface area contributed by atoms with E-state index in [4.69, 9.17) is 4.74 Å². The molecule has 202 valence electrons. The van der Waals surface area contributed by atoms with Crippen molar-refractivity contribution < 1.29 is 31.1 Å². The number of carbonyl (C=O) groups is 1. The fraction of sp³-hybridized carbons (Fsp3) is 0.455. The normalized spacial score (nSPS) is 13.0. The third kappa shape index (κ3) is 6.21. The van der Waals surface area contributed by atoms with Crippen molar-refractivity contribution in [3.63, 3.8) is 0 Å². The van der Waals surface area contributed by atoms with Gasteiger partial charge in [-0.1, -0.05) is 19.6 Å². The smallest absolute Gasteiger partial charge is 0.397 e. The molecule has 0 saturated heterocycles. The number of alkyl halides is 3.